The molecule has 0 bridgehead atoms. The lowest BCUT2D eigenvalue weighted by molar-refractivity contribution is 0.483. The van der Waals surface area contributed by atoms with E-state index in [1.807, 2.05) is 54.6 Å². The molecule has 0 radical (unpaired) electrons. The SMILES string of the molecule is Nc1ncc(-c2ccc(Oc3ccccc3)cc2)cn1. The van der Waals surface area contributed by atoms with Gasteiger partial charge in [-0.3, -0.25) is 0 Å². The maximum atomic E-state index is 5.74. The van der Waals surface area contributed by atoms with Gasteiger partial charge in [-0.15, -0.1) is 0 Å². The minimum Gasteiger partial charge on any atom is -0.457 e. The lowest BCUT2D eigenvalue weighted by Gasteiger charge is -2.06. The number of benzene rings is 2. The molecule has 0 saturated carbocycles. The highest BCUT2D eigenvalue weighted by Gasteiger charge is 2.01. The van der Waals surface area contributed by atoms with Crippen molar-refractivity contribution in [3.63, 3.8) is 0 Å². The van der Waals surface area contributed by atoms with Crippen molar-refractivity contribution < 1.29 is 4.74 Å². The molecule has 1 aromatic heterocycles. The predicted molar refractivity (Wildman–Crippen MR) is 78.4 cm³/mol. The molecule has 20 heavy (non-hydrogen) atoms. The first kappa shape index (κ1) is 12.2. The standard InChI is InChI=1S/C16H13N3O/c17-16-18-10-13(11-19-16)12-6-8-15(9-7-12)20-14-4-2-1-3-5-14/h1-11H,(H2,17,18,19). The van der Waals surface area contributed by atoms with Gasteiger partial charge < -0.3 is 10.5 Å². The Kier molecular flexibility index (Phi) is 3.29. The van der Waals surface area contributed by atoms with Crippen molar-refractivity contribution in [2.75, 3.05) is 5.73 Å². The molecule has 2 N–H and O–H groups in total. The first-order valence-electron chi connectivity index (χ1n) is 6.22. The van der Waals surface area contributed by atoms with E-state index in [2.05, 4.69) is 9.97 Å². The second-order valence-corrected chi connectivity index (χ2v) is 4.27. The van der Waals surface area contributed by atoms with E-state index in [1.165, 1.54) is 0 Å². The molecular weight excluding hydrogens is 250 g/mol. The summed E-state index contributed by atoms with van der Waals surface area (Å²) in [5.41, 5.74) is 7.41. The molecular formula is C16H13N3O. The second-order valence-electron chi connectivity index (χ2n) is 4.27. The van der Waals surface area contributed by atoms with Crippen molar-refractivity contribution in [3.8, 4) is 22.6 Å². The lowest BCUT2D eigenvalue weighted by Crippen LogP contribution is -1.93. The lowest BCUT2D eigenvalue weighted by atomic mass is 10.1. The first-order chi connectivity index (χ1) is 9.81. The number of aromatic nitrogens is 2. The summed E-state index contributed by atoms with van der Waals surface area (Å²) in [5.74, 6) is 1.88. The van der Waals surface area contributed by atoms with E-state index in [1.54, 1.807) is 12.4 Å². The summed E-state index contributed by atoms with van der Waals surface area (Å²) in [4.78, 5) is 7.96. The molecule has 0 spiro atoms. The minimum absolute atomic E-state index is 0.276. The third-order valence-corrected chi connectivity index (χ3v) is 2.84. The van der Waals surface area contributed by atoms with Gasteiger partial charge in [-0.25, -0.2) is 9.97 Å². The number of nitrogens with zero attached hydrogens (tertiary/aromatic N) is 2. The van der Waals surface area contributed by atoms with E-state index in [0.29, 0.717) is 0 Å². The average Bonchev–Trinajstić information content (AvgIpc) is 2.50. The van der Waals surface area contributed by atoms with Gasteiger partial charge in [0.25, 0.3) is 0 Å². The van der Waals surface area contributed by atoms with Crippen molar-refractivity contribution in [3.05, 3.63) is 67.0 Å². The molecule has 98 valence electrons. The Morgan fingerprint density at radius 3 is 1.95 bits per heavy atom. The molecule has 3 rings (SSSR count). The summed E-state index contributed by atoms with van der Waals surface area (Å²) in [5, 5.41) is 0. The van der Waals surface area contributed by atoms with Gasteiger partial charge in [-0.05, 0) is 29.8 Å². The molecule has 4 nitrogen and oxygen atoms in total. The van der Waals surface area contributed by atoms with E-state index >= 15 is 0 Å². The zero-order valence-electron chi connectivity index (χ0n) is 10.7. The van der Waals surface area contributed by atoms with Crippen LogP contribution in [-0.4, -0.2) is 9.97 Å². The summed E-state index contributed by atoms with van der Waals surface area (Å²) in [6.45, 7) is 0. The van der Waals surface area contributed by atoms with Crippen molar-refractivity contribution in [1.29, 1.82) is 0 Å². The van der Waals surface area contributed by atoms with Crippen LogP contribution in [0.15, 0.2) is 67.0 Å². The number of anilines is 1. The number of hydrogen-bond acceptors (Lipinski definition) is 4. The van der Waals surface area contributed by atoms with Gasteiger partial charge in [-0.2, -0.15) is 0 Å². The van der Waals surface area contributed by atoms with Gasteiger partial charge in [0, 0.05) is 18.0 Å². The van der Waals surface area contributed by atoms with Crippen molar-refractivity contribution >= 4 is 5.95 Å². The smallest absolute Gasteiger partial charge is 0.219 e. The number of rotatable bonds is 3. The minimum atomic E-state index is 0.276. The van der Waals surface area contributed by atoms with Crippen LogP contribution in [0.25, 0.3) is 11.1 Å². The molecule has 0 saturated heterocycles. The molecule has 0 aliphatic heterocycles. The normalized spacial score (nSPS) is 10.2. The van der Waals surface area contributed by atoms with Crippen LogP contribution >= 0.6 is 0 Å². The van der Waals surface area contributed by atoms with Crippen LogP contribution in [0.1, 0.15) is 0 Å². The number of hydrogen-bond donors (Lipinski definition) is 1. The summed E-state index contributed by atoms with van der Waals surface area (Å²) >= 11 is 0. The molecule has 0 amide bonds. The fourth-order valence-corrected chi connectivity index (χ4v) is 1.83. The number of nitrogens with two attached hydrogens (primary N) is 1. The third-order valence-electron chi connectivity index (χ3n) is 2.84. The molecule has 4 heteroatoms. The fraction of sp³-hybridized carbons (Fsp3) is 0. The molecule has 3 aromatic rings. The maximum absolute atomic E-state index is 5.74. The Hall–Kier alpha value is -2.88. The van der Waals surface area contributed by atoms with E-state index in [9.17, 15) is 0 Å². The van der Waals surface area contributed by atoms with Gasteiger partial charge in [0.1, 0.15) is 11.5 Å². The Morgan fingerprint density at radius 2 is 1.30 bits per heavy atom. The largest absolute Gasteiger partial charge is 0.457 e. The maximum Gasteiger partial charge on any atom is 0.219 e. The molecule has 0 unspecified atom stereocenters. The van der Waals surface area contributed by atoms with Gasteiger partial charge in [0.05, 0.1) is 0 Å². The van der Waals surface area contributed by atoms with Gasteiger partial charge in [0.2, 0.25) is 5.95 Å². The Labute approximate surface area is 116 Å². The number of para-hydroxylation sites is 1. The molecule has 2 aromatic carbocycles. The van der Waals surface area contributed by atoms with E-state index in [-0.39, 0.29) is 5.95 Å². The first-order valence-corrected chi connectivity index (χ1v) is 6.22. The van der Waals surface area contributed by atoms with E-state index < -0.39 is 0 Å². The Bertz CT molecular complexity index is 679. The van der Waals surface area contributed by atoms with Crippen LogP contribution in [0, 0.1) is 0 Å². The molecule has 0 atom stereocenters. The Morgan fingerprint density at radius 1 is 0.700 bits per heavy atom. The topological polar surface area (TPSA) is 61.0 Å². The quantitative estimate of drug-likeness (QED) is 0.785. The average molecular weight is 263 g/mol. The molecule has 0 aliphatic carbocycles. The van der Waals surface area contributed by atoms with Gasteiger partial charge in [-0.1, -0.05) is 30.3 Å². The molecule has 0 aliphatic rings. The highest BCUT2D eigenvalue weighted by Crippen LogP contribution is 2.25. The van der Waals surface area contributed by atoms with Crippen molar-refractivity contribution in [2.45, 2.75) is 0 Å². The van der Waals surface area contributed by atoms with Crippen LogP contribution in [0.3, 0.4) is 0 Å². The Balaban J connectivity index is 1.79. The third kappa shape index (κ3) is 2.75. The highest BCUT2D eigenvalue weighted by molar-refractivity contribution is 5.62. The summed E-state index contributed by atoms with van der Waals surface area (Å²) < 4.78 is 5.74. The van der Waals surface area contributed by atoms with E-state index in [4.69, 9.17) is 10.5 Å². The molecule has 1 heterocycles. The van der Waals surface area contributed by atoms with Gasteiger partial charge >= 0.3 is 0 Å². The molecule has 0 fully saturated rings. The number of nitrogen functional groups attached to an aromatic ring is 1. The van der Waals surface area contributed by atoms with Crippen LogP contribution < -0.4 is 10.5 Å². The van der Waals surface area contributed by atoms with Crippen LogP contribution in [0.2, 0.25) is 0 Å². The van der Waals surface area contributed by atoms with Crippen molar-refractivity contribution in [1.82, 2.24) is 9.97 Å². The van der Waals surface area contributed by atoms with Crippen LogP contribution in [0.5, 0.6) is 11.5 Å². The highest BCUT2D eigenvalue weighted by atomic mass is 16.5. The monoisotopic (exact) mass is 263 g/mol. The van der Waals surface area contributed by atoms with Crippen molar-refractivity contribution in [2.24, 2.45) is 0 Å². The summed E-state index contributed by atoms with van der Waals surface area (Å²) in [6.07, 6.45) is 3.41. The number of ether oxygens (including phenoxy) is 1. The van der Waals surface area contributed by atoms with Gasteiger partial charge in [0.15, 0.2) is 0 Å². The second kappa shape index (κ2) is 5.40. The van der Waals surface area contributed by atoms with Crippen LogP contribution in [-0.2, 0) is 0 Å². The zero-order chi connectivity index (χ0) is 13.8. The zero-order valence-corrected chi connectivity index (χ0v) is 10.7. The fourth-order valence-electron chi connectivity index (χ4n) is 1.83. The van der Waals surface area contributed by atoms with Crippen LogP contribution in [0.4, 0.5) is 5.95 Å². The summed E-state index contributed by atoms with van der Waals surface area (Å²) in [6, 6.07) is 17.4. The predicted octanol–water partition coefficient (Wildman–Crippen LogP) is 3.52. The summed E-state index contributed by atoms with van der Waals surface area (Å²) in [7, 11) is 0. The van der Waals surface area contributed by atoms with E-state index in [0.717, 1.165) is 22.6 Å².